The van der Waals surface area contributed by atoms with Crippen LogP contribution in [0.25, 0.3) is 0 Å². The van der Waals surface area contributed by atoms with Gasteiger partial charge in [0, 0.05) is 27.0 Å². The number of nitrogens with zero attached hydrogens (tertiary/aromatic N) is 1. The van der Waals surface area contributed by atoms with Crippen molar-refractivity contribution in [3.05, 3.63) is 47.9 Å². The quantitative estimate of drug-likeness (QED) is 0.486. The average Bonchev–Trinajstić information content (AvgIpc) is 3.10. The zero-order valence-corrected chi connectivity index (χ0v) is 16.2. The van der Waals surface area contributed by atoms with Crippen LogP contribution in [0.4, 0.5) is 4.79 Å². The lowest BCUT2D eigenvalue weighted by molar-refractivity contribution is -0.147. The third-order valence-electron chi connectivity index (χ3n) is 3.68. The maximum Gasteiger partial charge on any atom is 0.529 e. The van der Waals surface area contributed by atoms with E-state index in [1.54, 1.807) is 6.92 Å². The predicted molar refractivity (Wildman–Crippen MR) is 94.2 cm³/mol. The molecule has 1 heterocycles. The number of hydrogen-bond acceptors (Lipinski definition) is 8. The molecule has 2 rings (SSSR count). The highest BCUT2D eigenvalue weighted by Gasteiger charge is 2.40. The Bertz CT molecular complexity index is 728. The summed E-state index contributed by atoms with van der Waals surface area (Å²) in [4.78, 5) is 25.6. The third-order valence-corrected chi connectivity index (χ3v) is 5.01. The fourth-order valence-corrected chi connectivity index (χ4v) is 3.04. The largest absolute Gasteiger partial charge is 0.529 e. The minimum atomic E-state index is -3.90. The molecular weight excluding hydrogens is 377 g/mol. The Balaban J connectivity index is 2.11. The standard InChI is InChI=1S/C17H22NO8P/c1-4-24-16(19)14-10-18(11-15(14)26-27(21,22-2)23-3)17(20)25-12-13-8-6-5-7-9-13/h5-9,11,14H,4,10,12H2,1-3H3. The van der Waals surface area contributed by atoms with Crippen LogP contribution in [0.15, 0.2) is 42.3 Å². The summed E-state index contributed by atoms with van der Waals surface area (Å²) >= 11 is 0. The SMILES string of the molecule is CCOC(=O)C1CN(C(=O)OCc2ccccc2)C=C1OP(=O)(OC)OC. The van der Waals surface area contributed by atoms with E-state index in [0.29, 0.717) is 0 Å². The number of phosphoric ester groups is 1. The zero-order valence-electron chi connectivity index (χ0n) is 15.3. The molecule has 1 atom stereocenters. The smallest absolute Gasteiger partial charge is 0.465 e. The summed E-state index contributed by atoms with van der Waals surface area (Å²) in [5, 5.41) is 0. The Hall–Kier alpha value is -2.35. The molecule has 27 heavy (non-hydrogen) atoms. The molecule has 0 radical (unpaired) electrons. The number of ether oxygens (including phenoxy) is 2. The number of hydrogen-bond donors (Lipinski definition) is 0. The first kappa shape index (κ1) is 21.0. The zero-order chi connectivity index (χ0) is 19.9. The van der Waals surface area contributed by atoms with Crippen molar-refractivity contribution in [1.29, 1.82) is 0 Å². The Morgan fingerprint density at radius 2 is 1.81 bits per heavy atom. The first-order chi connectivity index (χ1) is 12.9. The number of rotatable bonds is 8. The lowest BCUT2D eigenvalue weighted by Crippen LogP contribution is -2.30. The summed E-state index contributed by atoms with van der Waals surface area (Å²) in [6.45, 7) is 1.79. The number of benzene rings is 1. The summed E-state index contributed by atoms with van der Waals surface area (Å²) in [6.07, 6.45) is 0.552. The fraction of sp³-hybridized carbons (Fsp3) is 0.412. The first-order valence-electron chi connectivity index (χ1n) is 8.19. The van der Waals surface area contributed by atoms with Crippen molar-refractivity contribution < 1.29 is 37.2 Å². The first-order valence-corrected chi connectivity index (χ1v) is 9.65. The van der Waals surface area contributed by atoms with Crippen LogP contribution in [-0.4, -0.2) is 44.3 Å². The van der Waals surface area contributed by atoms with E-state index < -0.39 is 25.8 Å². The van der Waals surface area contributed by atoms with Crippen LogP contribution in [-0.2, 0) is 39.0 Å². The summed E-state index contributed by atoms with van der Waals surface area (Å²) < 4.78 is 37.1. The maximum absolute atomic E-state index is 12.3. The number of amides is 1. The molecule has 10 heteroatoms. The van der Waals surface area contributed by atoms with Gasteiger partial charge in [0.25, 0.3) is 0 Å². The van der Waals surface area contributed by atoms with Gasteiger partial charge < -0.3 is 14.0 Å². The molecule has 9 nitrogen and oxygen atoms in total. The second kappa shape index (κ2) is 9.55. The van der Waals surface area contributed by atoms with Crippen LogP contribution < -0.4 is 0 Å². The molecule has 1 aliphatic rings. The van der Waals surface area contributed by atoms with Crippen molar-refractivity contribution in [1.82, 2.24) is 4.90 Å². The molecular formula is C17H22NO8P. The number of esters is 1. The van der Waals surface area contributed by atoms with Crippen LogP contribution >= 0.6 is 7.82 Å². The summed E-state index contributed by atoms with van der Waals surface area (Å²) in [6, 6.07) is 9.14. The molecule has 0 aromatic heterocycles. The Morgan fingerprint density at radius 3 is 2.41 bits per heavy atom. The van der Waals surface area contributed by atoms with Gasteiger partial charge in [-0.2, -0.15) is 0 Å². The van der Waals surface area contributed by atoms with Crippen LogP contribution in [0.5, 0.6) is 0 Å². The van der Waals surface area contributed by atoms with Crippen molar-refractivity contribution in [2.45, 2.75) is 13.5 Å². The fourth-order valence-electron chi connectivity index (χ4n) is 2.31. The second-order valence-electron chi connectivity index (χ2n) is 5.43. The molecule has 0 spiro atoms. The number of phosphoric acid groups is 1. The Kier molecular flexibility index (Phi) is 7.41. The van der Waals surface area contributed by atoms with Crippen molar-refractivity contribution in [3.8, 4) is 0 Å². The molecule has 0 aliphatic carbocycles. The van der Waals surface area contributed by atoms with E-state index in [1.165, 1.54) is 6.20 Å². The molecule has 148 valence electrons. The van der Waals surface area contributed by atoms with Gasteiger partial charge in [-0.25, -0.2) is 9.36 Å². The van der Waals surface area contributed by atoms with Gasteiger partial charge in [-0.15, -0.1) is 0 Å². The highest BCUT2D eigenvalue weighted by Crippen LogP contribution is 2.51. The molecule has 0 saturated heterocycles. The van der Waals surface area contributed by atoms with Gasteiger partial charge in [-0.3, -0.25) is 18.7 Å². The second-order valence-corrected chi connectivity index (χ2v) is 7.24. The monoisotopic (exact) mass is 399 g/mol. The van der Waals surface area contributed by atoms with Gasteiger partial charge in [0.05, 0.1) is 6.61 Å². The molecule has 0 fully saturated rings. The van der Waals surface area contributed by atoms with Crippen molar-refractivity contribution in [2.75, 3.05) is 27.4 Å². The van der Waals surface area contributed by atoms with E-state index in [9.17, 15) is 14.2 Å². The van der Waals surface area contributed by atoms with Gasteiger partial charge in [0.1, 0.15) is 18.3 Å². The highest BCUT2D eigenvalue weighted by atomic mass is 31.2. The average molecular weight is 399 g/mol. The lowest BCUT2D eigenvalue weighted by atomic mass is 10.1. The molecule has 0 bridgehead atoms. The van der Waals surface area contributed by atoms with Crippen molar-refractivity contribution >= 4 is 19.9 Å². The molecule has 1 aromatic carbocycles. The normalized spacial score (nSPS) is 16.6. The number of carbonyl (C=O) groups is 2. The third kappa shape index (κ3) is 5.56. The minimum Gasteiger partial charge on any atom is -0.465 e. The highest BCUT2D eigenvalue weighted by molar-refractivity contribution is 7.48. The summed E-state index contributed by atoms with van der Waals surface area (Å²) in [5.41, 5.74) is 0.815. The van der Waals surface area contributed by atoms with Crippen LogP contribution in [0.1, 0.15) is 12.5 Å². The molecule has 1 aromatic rings. The van der Waals surface area contributed by atoms with E-state index in [-0.39, 0.29) is 25.5 Å². The minimum absolute atomic E-state index is 0.0582. The van der Waals surface area contributed by atoms with E-state index in [1.807, 2.05) is 30.3 Å². The van der Waals surface area contributed by atoms with Crippen molar-refractivity contribution in [2.24, 2.45) is 5.92 Å². The molecule has 1 amide bonds. The van der Waals surface area contributed by atoms with E-state index >= 15 is 0 Å². The van der Waals surface area contributed by atoms with Gasteiger partial charge in [-0.1, -0.05) is 30.3 Å². The molecule has 0 N–H and O–H groups in total. The Labute approximate surface area is 157 Å². The molecule has 1 aliphatic heterocycles. The predicted octanol–water partition coefficient (Wildman–Crippen LogP) is 3.08. The number of carbonyl (C=O) groups excluding carboxylic acids is 2. The van der Waals surface area contributed by atoms with Gasteiger partial charge >= 0.3 is 19.9 Å². The summed E-state index contributed by atoms with van der Waals surface area (Å²) in [5.74, 6) is -1.65. The van der Waals surface area contributed by atoms with E-state index in [0.717, 1.165) is 24.7 Å². The Morgan fingerprint density at radius 1 is 1.15 bits per heavy atom. The molecule has 0 saturated carbocycles. The van der Waals surface area contributed by atoms with Crippen LogP contribution in [0.2, 0.25) is 0 Å². The topological polar surface area (TPSA) is 101 Å². The van der Waals surface area contributed by atoms with Crippen LogP contribution in [0, 0.1) is 5.92 Å². The van der Waals surface area contributed by atoms with Gasteiger partial charge in [-0.05, 0) is 12.5 Å². The summed E-state index contributed by atoms with van der Waals surface area (Å²) in [7, 11) is -1.61. The van der Waals surface area contributed by atoms with E-state index in [2.05, 4.69) is 0 Å². The van der Waals surface area contributed by atoms with Gasteiger partial charge in [0.2, 0.25) is 0 Å². The van der Waals surface area contributed by atoms with E-state index in [4.69, 9.17) is 23.0 Å². The van der Waals surface area contributed by atoms with Crippen molar-refractivity contribution in [3.63, 3.8) is 0 Å². The van der Waals surface area contributed by atoms with Crippen LogP contribution in [0.3, 0.4) is 0 Å². The maximum atomic E-state index is 12.3. The lowest BCUT2D eigenvalue weighted by Gasteiger charge is -2.18. The van der Waals surface area contributed by atoms with Gasteiger partial charge in [0.15, 0.2) is 0 Å². The molecule has 1 unspecified atom stereocenters.